The van der Waals surface area contributed by atoms with Gasteiger partial charge in [0, 0.05) is 38.9 Å². The summed E-state index contributed by atoms with van der Waals surface area (Å²) >= 11 is 0. The van der Waals surface area contributed by atoms with Crippen molar-refractivity contribution in [2.24, 2.45) is 0 Å². The standard InChI is InChI=1S/C11H15N3O2/c15-11(16)10-7-9(1-2-13-10)8-14-5-3-12-4-6-14/h1-2,7,12H,3-6,8H2,(H,15,16). The van der Waals surface area contributed by atoms with Gasteiger partial charge in [-0.3, -0.25) is 4.90 Å². The maximum atomic E-state index is 10.8. The summed E-state index contributed by atoms with van der Waals surface area (Å²) in [6, 6.07) is 3.51. The highest BCUT2D eigenvalue weighted by Gasteiger charge is 2.11. The number of nitrogens with one attached hydrogen (secondary N) is 1. The SMILES string of the molecule is O=C(O)c1cc(CN2CCNCC2)ccn1. The first-order valence-electron chi connectivity index (χ1n) is 5.37. The molecule has 0 amide bonds. The molecule has 0 atom stereocenters. The van der Waals surface area contributed by atoms with E-state index in [2.05, 4.69) is 15.2 Å². The lowest BCUT2D eigenvalue weighted by molar-refractivity contribution is 0.0690. The number of aromatic carboxylic acids is 1. The largest absolute Gasteiger partial charge is 0.477 e. The van der Waals surface area contributed by atoms with Crippen molar-refractivity contribution in [1.29, 1.82) is 0 Å². The highest BCUT2D eigenvalue weighted by atomic mass is 16.4. The van der Waals surface area contributed by atoms with E-state index < -0.39 is 5.97 Å². The Balaban J connectivity index is 2.02. The van der Waals surface area contributed by atoms with Crippen LogP contribution in [0.2, 0.25) is 0 Å². The second-order valence-electron chi connectivity index (χ2n) is 3.88. The van der Waals surface area contributed by atoms with Crippen molar-refractivity contribution in [2.75, 3.05) is 26.2 Å². The molecule has 0 radical (unpaired) electrons. The van der Waals surface area contributed by atoms with E-state index in [0.717, 1.165) is 38.3 Å². The van der Waals surface area contributed by atoms with E-state index >= 15 is 0 Å². The van der Waals surface area contributed by atoms with Crippen LogP contribution < -0.4 is 5.32 Å². The summed E-state index contributed by atoms with van der Waals surface area (Å²) in [5, 5.41) is 12.1. The second kappa shape index (κ2) is 5.05. The molecule has 2 rings (SSSR count). The van der Waals surface area contributed by atoms with Crippen molar-refractivity contribution in [1.82, 2.24) is 15.2 Å². The first-order chi connectivity index (χ1) is 7.75. The number of aromatic nitrogens is 1. The van der Waals surface area contributed by atoms with Crippen LogP contribution in [0.4, 0.5) is 0 Å². The summed E-state index contributed by atoms with van der Waals surface area (Å²) < 4.78 is 0. The maximum Gasteiger partial charge on any atom is 0.354 e. The number of hydrogen-bond donors (Lipinski definition) is 2. The molecule has 5 heteroatoms. The third kappa shape index (κ3) is 2.77. The average molecular weight is 221 g/mol. The quantitative estimate of drug-likeness (QED) is 0.762. The van der Waals surface area contributed by atoms with Crippen LogP contribution in [0.5, 0.6) is 0 Å². The third-order valence-corrected chi connectivity index (χ3v) is 2.66. The predicted octanol–water partition coefficient (Wildman–Crippen LogP) is 0.185. The molecule has 1 aliphatic rings. The Morgan fingerprint density at radius 3 is 2.94 bits per heavy atom. The van der Waals surface area contributed by atoms with Gasteiger partial charge in [-0.05, 0) is 17.7 Å². The molecule has 0 bridgehead atoms. The number of piperazine rings is 1. The van der Waals surface area contributed by atoms with Gasteiger partial charge in [0.15, 0.2) is 0 Å². The predicted molar refractivity (Wildman–Crippen MR) is 59.3 cm³/mol. The molecule has 5 nitrogen and oxygen atoms in total. The summed E-state index contributed by atoms with van der Waals surface area (Å²) in [6.45, 7) is 4.80. The first kappa shape index (κ1) is 11.0. The lowest BCUT2D eigenvalue weighted by Gasteiger charge is -2.27. The first-order valence-corrected chi connectivity index (χ1v) is 5.37. The monoisotopic (exact) mass is 221 g/mol. The number of pyridine rings is 1. The zero-order valence-corrected chi connectivity index (χ0v) is 9.02. The highest BCUT2D eigenvalue weighted by Crippen LogP contribution is 2.06. The van der Waals surface area contributed by atoms with E-state index in [1.807, 2.05) is 6.07 Å². The van der Waals surface area contributed by atoms with Crippen molar-refractivity contribution in [2.45, 2.75) is 6.54 Å². The van der Waals surface area contributed by atoms with Crippen LogP contribution in [0, 0.1) is 0 Å². The molecule has 0 saturated carbocycles. The van der Waals surface area contributed by atoms with E-state index in [1.165, 1.54) is 0 Å². The molecule has 0 spiro atoms. The van der Waals surface area contributed by atoms with Gasteiger partial charge in [0.1, 0.15) is 5.69 Å². The van der Waals surface area contributed by atoms with Gasteiger partial charge in [-0.2, -0.15) is 0 Å². The Hall–Kier alpha value is -1.46. The van der Waals surface area contributed by atoms with E-state index in [1.54, 1.807) is 12.3 Å². The van der Waals surface area contributed by atoms with Crippen LogP contribution >= 0.6 is 0 Å². The van der Waals surface area contributed by atoms with E-state index in [9.17, 15) is 4.79 Å². The number of hydrogen-bond acceptors (Lipinski definition) is 4. The number of carboxylic acids is 1. The molecule has 2 N–H and O–H groups in total. The maximum absolute atomic E-state index is 10.8. The van der Waals surface area contributed by atoms with Gasteiger partial charge in [0.05, 0.1) is 0 Å². The number of nitrogens with zero attached hydrogens (tertiary/aromatic N) is 2. The van der Waals surface area contributed by atoms with Crippen molar-refractivity contribution >= 4 is 5.97 Å². The van der Waals surface area contributed by atoms with Gasteiger partial charge in [-0.25, -0.2) is 9.78 Å². The fourth-order valence-electron chi connectivity index (χ4n) is 1.82. The van der Waals surface area contributed by atoms with Crippen LogP contribution in [0.1, 0.15) is 16.1 Å². The van der Waals surface area contributed by atoms with Gasteiger partial charge in [0.2, 0.25) is 0 Å². The molecule has 0 aliphatic carbocycles. The molecule has 86 valence electrons. The second-order valence-corrected chi connectivity index (χ2v) is 3.88. The van der Waals surface area contributed by atoms with Crippen molar-refractivity contribution in [3.8, 4) is 0 Å². The zero-order valence-electron chi connectivity index (χ0n) is 9.02. The Morgan fingerprint density at radius 1 is 1.50 bits per heavy atom. The third-order valence-electron chi connectivity index (χ3n) is 2.66. The molecule has 2 heterocycles. The van der Waals surface area contributed by atoms with E-state index in [-0.39, 0.29) is 5.69 Å². The fourth-order valence-corrected chi connectivity index (χ4v) is 1.82. The van der Waals surface area contributed by atoms with Crippen LogP contribution in [-0.4, -0.2) is 47.1 Å². The summed E-state index contributed by atoms with van der Waals surface area (Å²) in [5.41, 5.74) is 1.13. The minimum absolute atomic E-state index is 0.118. The smallest absolute Gasteiger partial charge is 0.354 e. The Labute approximate surface area is 94.1 Å². The van der Waals surface area contributed by atoms with E-state index in [0.29, 0.717) is 0 Å². The summed E-state index contributed by atoms with van der Waals surface area (Å²) in [5.74, 6) is -0.970. The summed E-state index contributed by atoms with van der Waals surface area (Å²) in [7, 11) is 0. The Bertz CT molecular complexity index is 375. The molecule has 1 aromatic heterocycles. The molecule has 1 saturated heterocycles. The van der Waals surface area contributed by atoms with Gasteiger partial charge in [-0.1, -0.05) is 0 Å². The van der Waals surface area contributed by atoms with Crippen LogP contribution in [-0.2, 0) is 6.54 Å². The Kier molecular flexibility index (Phi) is 3.48. The van der Waals surface area contributed by atoms with Crippen LogP contribution in [0.3, 0.4) is 0 Å². The van der Waals surface area contributed by atoms with Crippen LogP contribution in [0.15, 0.2) is 18.3 Å². The van der Waals surface area contributed by atoms with Gasteiger partial charge < -0.3 is 10.4 Å². The van der Waals surface area contributed by atoms with Gasteiger partial charge in [0.25, 0.3) is 0 Å². The zero-order chi connectivity index (χ0) is 11.4. The number of carboxylic acid groups (broad SMARTS) is 1. The minimum atomic E-state index is -0.970. The lowest BCUT2D eigenvalue weighted by atomic mass is 10.2. The highest BCUT2D eigenvalue weighted by molar-refractivity contribution is 5.85. The molecule has 1 aliphatic heterocycles. The van der Waals surface area contributed by atoms with E-state index in [4.69, 9.17) is 5.11 Å². The number of rotatable bonds is 3. The Morgan fingerprint density at radius 2 is 2.25 bits per heavy atom. The average Bonchev–Trinajstić information content (AvgIpc) is 2.30. The van der Waals surface area contributed by atoms with Gasteiger partial charge in [-0.15, -0.1) is 0 Å². The van der Waals surface area contributed by atoms with Crippen LogP contribution in [0.25, 0.3) is 0 Å². The molecule has 0 aromatic carbocycles. The molecule has 1 fully saturated rings. The topological polar surface area (TPSA) is 65.5 Å². The van der Waals surface area contributed by atoms with Crippen molar-refractivity contribution in [3.05, 3.63) is 29.6 Å². The fraction of sp³-hybridized carbons (Fsp3) is 0.455. The molecule has 0 unspecified atom stereocenters. The molecular weight excluding hydrogens is 206 g/mol. The summed E-state index contributed by atoms with van der Waals surface area (Å²) in [6.07, 6.45) is 1.56. The van der Waals surface area contributed by atoms with Gasteiger partial charge >= 0.3 is 5.97 Å². The molecular formula is C11H15N3O2. The molecule has 16 heavy (non-hydrogen) atoms. The molecule has 1 aromatic rings. The normalized spacial score (nSPS) is 17.2. The minimum Gasteiger partial charge on any atom is -0.477 e. The number of carbonyl (C=O) groups is 1. The lowest BCUT2D eigenvalue weighted by Crippen LogP contribution is -2.42. The van der Waals surface area contributed by atoms with Crippen molar-refractivity contribution in [3.63, 3.8) is 0 Å². The summed E-state index contributed by atoms with van der Waals surface area (Å²) in [4.78, 5) is 16.9. The van der Waals surface area contributed by atoms with Crippen molar-refractivity contribution < 1.29 is 9.90 Å².